The fraction of sp³-hybridized carbons (Fsp3) is 0.235. The zero-order chi connectivity index (χ0) is 20.2. The summed E-state index contributed by atoms with van der Waals surface area (Å²) < 4.78 is 40.6. The Balaban J connectivity index is 2.19. The minimum Gasteiger partial charge on any atom is -0.319 e. The number of carbonyl (C=O) groups excluding carboxylic acids is 1. The number of anilines is 1. The molecule has 2 rings (SSSR count). The van der Waals surface area contributed by atoms with Crippen LogP contribution in [0.3, 0.4) is 0 Å². The van der Waals surface area contributed by atoms with Gasteiger partial charge in [-0.05, 0) is 43.7 Å². The van der Waals surface area contributed by atoms with Crippen molar-refractivity contribution in [1.29, 1.82) is 0 Å². The van der Waals surface area contributed by atoms with Gasteiger partial charge in [-0.2, -0.15) is 0 Å². The van der Waals surface area contributed by atoms with Gasteiger partial charge < -0.3 is 5.32 Å². The lowest BCUT2D eigenvalue weighted by atomic mass is 10.2. The van der Waals surface area contributed by atoms with E-state index in [-0.39, 0.29) is 27.9 Å². The minimum absolute atomic E-state index is 0.0131. The maximum atomic E-state index is 13.8. The molecular weight excluding hydrogens is 377 g/mol. The van der Waals surface area contributed by atoms with Crippen LogP contribution in [0.5, 0.6) is 0 Å². The van der Waals surface area contributed by atoms with Gasteiger partial charge in [0.25, 0.3) is 11.6 Å². The summed E-state index contributed by atoms with van der Waals surface area (Å²) in [4.78, 5) is 22.3. The number of carbonyl (C=O) groups is 1. The lowest BCUT2D eigenvalue weighted by Gasteiger charge is -2.12. The molecule has 0 bridgehead atoms. The fourth-order valence-corrected chi connectivity index (χ4v) is 3.45. The average Bonchev–Trinajstić information content (AvgIpc) is 2.62. The van der Waals surface area contributed by atoms with Crippen LogP contribution in [0.4, 0.5) is 15.8 Å². The van der Waals surface area contributed by atoms with E-state index >= 15 is 0 Å². The monoisotopic (exact) mass is 395 g/mol. The first kappa shape index (κ1) is 20.5. The standard InChI is InChI=1S/C17H18FN3O5S/c1-3-11(2)20-27(25,26)14-7-4-12(5-8-14)17(22)19-16-10-13(21(23)24)6-9-15(16)18/h4-11,20H,3H2,1-2H3,(H,19,22). The second-order valence-corrected chi connectivity index (χ2v) is 7.54. The average molecular weight is 395 g/mol. The molecular formula is C17H18FN3O5S. The van der Waals surface area contributed by atoms with Crippen LogP contribution in [0, 0.1) is 15.9 Å². The number of amides is 1. The van der Waals surface area contributed by atoms with Crippen LogP contribution in [0.2, 0.25) is 0 Å². The van der Waals surface area contributed by atoms with Crippen molar-refractivity contribution in [2.45, 2.75) is 31.2 Å². The summed E-state index contributed by atoms with van der Waals surface area (Å²) in [7, 11) is -3.71. The molecule has 144 valence electrons. The predicted octanol–water partition coefficient (Wildman–Crippen LogP) is 3.06. The van der Waals surface area contributed by atoms with Crippen LogP contribution in [0.1, 0.15) is 30.6 Å². The molecule has 0 aliphatic carbocycles. The molecule has 0 saturated carbocycles. The maximum absolute atomic E-state index is 13.8. The molecule has 0 aromatic heterocycles. The van der Waals surface area contributed by atoms with Crippen LogP contribution in [-0.4, -0.2) is 25.3 Å². The number of rotatable bonds is 7. The van der Waals surface area contributed by atoms with Crippen LogP contribution in [-0.2, 0) is 10.0 Å². The van der Waals surface area contributed by atoms with E-state index in [1.54, 1.807) is 6.92 Å². The highest BCUT2D eigenvalue weighted by molar-refractivity contribution is 7.89. The Bertz CT molecular complexity index is 961. The quantitative estimate of drug-likeness (QED) is 0.552. The zero-order valence-corrected chi connectivity index (χ0v) is 15.4. The molecule has 10 heteroatoms. The molecule has 1 atom stereocenters. The van der Waals surface area contributed by atoms with E-state index in [4.69, 9.17) is 0 Å². The Labute approximate surface area is 155 Å². The fourth-order valence-electron chi connectivity index (χ4n) is 2.12. The van der Waals surface area contributed by atoms with Crippen molar-refractivity contribution in [1.82, 2.24) is 4.72 Å². The van der Waals surface area contributed by atoms with Crippen LogP contribution < -0.4 is 10.0 Å². The summed E-state index contributed by atoms with van der Waals surface area (Å²) in [5, 5.41) is 13.0. The first-order valence-corrected chi connectivity index (χ1v) is 9.50. The molecule has 8 nitrogen and oxygen atoms in total. The lowest BCUT2D eigenvalue weighted by Crippen LogP contribution is -2.32. The smallest absolute Gasteiger partial charge is 0.271 e. The van der Waals surface area contributed by atoms with Crippen molar-refractivity contribution < 1.29 is 22.5 Å². The number of nitro groups is 1. The third-order valence-electron chi connectivity index (χ3n) is 3.80. The highest BCUT2D eigenvalue weighted by Crippen LogP contribution is 2.22. The number of halogens is 1. The molecule has 0 heterocycles. The van der Waals surface area contributed by atoms with E-state index in [9.17, 15) is 27.7 Å². The molecule has 1 amide bonds. The van der Waals surface area contributed by atoms with Crippen LogP contribution in [0.25, 0.3) is 0 Å². The Morgan fingerprint density at radius 2 is 1.85 bits per heavy atom. The van der Waals surface area contributed by atoms with Gasteiger partial charge in [0.05, 0.1) is 15.5 Å². The molecule has 2 aromatic carbocycles. The number of hydrogen-bond acceptors (Lipinski definition) is 5. The zero-order valence-electron chi connectivity index (χ0n) is 14.6. The molecule has 0 spiro atoms. The summed E-state index contributed by atoms with van der Waals surface area (Å²) in [6.07, 6.45) is 0.620. The number of non-ortho nitro benzene ring substituents is 1. The van der Waals surface area contributed by atoms with Crippen molar-refractivity contribution in [3.63, 3.8) is 0 Å². The Morgan fingerprint density at radius 1 is 1.22 bits per heavy atom. The number of nitrogens with zero attached hydrogens (tertiary/aromatic N) is 1. The van der Waals surface area contributed by atoms with Gasteiger partial charge in [0.2, 0.25) is 10.0 Å². The second-order valence-electron chi connectivity index (χ2n) is 5.83. The van der Waals surface area contributed by atoms with E-state index in [0.29, 0.717) is 6.42 Å². The number of hydrogen-bond donors (Lipinski definition) is 2. The molecule has 0 aliphatic heterocycles. The Hall–Kier alpha value is -2.85. The minimum atomic E-state index is -3.71. The summed E-state index contributed by atoms with van der Waals surface area (Å²) in [5.41, 5.74) is -0.642. The Kier molecular flexibility index (Phi) is 6.24. The topological polar surface area (TPSA) is 118 Å². The van der Waals surface area contributed by atoms with Crippen molar-refractivity contribution in [3.8, 4) is 0 Å². The number of nitrogens with one attached hydrogen (secondary N) is 2. The van der Waals surface area contributed by atoms with Crippen molar-refractivity contribution in [3.05, 3.63) is 64.0 Å². The van der Waals surface area contributed by atoms with E-state index in [0.717, 1.165) is 18.2 Å². The summed E-state index contributed by atoms with van der Waals surface area (Å²) in [5.74, 6) is -1.56. The highest BCUT2D eigenvalue weighted by atomic mass is 32.2. The lowest BCUT2D eigenvalue weighted by molar-refractivity contribution is -0.384. The van der Waals surface area contributed by atoms with Gasteiger partial charge >= 0.3 is 0 Å². The van der Waals surface area contributed by atoms with Gasteiger partial charge in [-0.25, -0.2) is 17.5 Å². The van der Waals surface area contributed by atoms with Crippen molar-refractivity contribution in [2.24, 2.45) is 0 Å². The van der Waals surface area contributed by atoms with E-state index in [2.05, 4.69) is 10.0 Å². The van der Waals surface area contributed by atoms with Crippen molar-refractivity contribution in [2.75, 3.05) is 5.32 Å². The molecule has 0 radical (unpaired) electrons. The van der Waals surface area contributed by atoms with Crippen LogP contribution in [0.15, 0.2) is 47.4 Å². The number of benzene rings is 2. The normalized spacial score (nSPS) is 12.4. The SMILES string of the molecule is CCC(C)NS(=O)(=O)c1ccc(C(=O)Nc2cc([N+](=O)[O-])ccc2F)cc1. The van der Waals surface area contributed by atoms with Gasteiger partial charge in [-0.15, -0.1) is 0 Å². The summed E-state index contributed by atoms with van der Waals surface area (Å²) in [6.45, 7) is 3.57. The van der Waals surface area contributed by atoms with Gasteiger partial charge in [0, 0.05) is 23.7 Å². The predicted molar refractivity (Wildman–Crippen MR) is 97.5 cm³/mol. The van der Waals surface area contributed by atoms with E-state index in [1.165, 1.54) is 24.3 Å². The molecule has 2 aromatic rings. The first-order valence-electron chi connectivity index (χ1n) is 8.01. The highest BCUT2D eigenvalue weighted by Gasteiger charge is 2.18. The van der Waals surface area contributed by atoms with Gasteiger partial charge in [0.15, 0.2) is 0 Å². The molecule has 0 fully saturated rings. The van der Waals surface area contributed by atoms with E-state index in [1.807, 2.05) is 6.92 Å². The van der Waals surface area contributed by atoms with Crippen LogP contribution >= 0.6 is 0 Å². The third-order valence-corrected chi connectivity index (χ3v) is 5.41. The second kappa shape index (κ2) is 8.23. The molecule has 0 saturated heterocycles. The number of nitro benzene ring substituents is 1. The molecule has 27 heavy (non-hydrogen) atoms. The maximum Gasteiger partial charge on any atom is 0.271 e. The number of sulfonamides is 1. The largest absolute Gasteiger partial charge is 0.319 e. The molecule has 0 aliphatic rings. The summed E-state index contributed by atoms with van der Waals surface area (Å²) in [6, 6.07) is 7.58. The molecule has 1 unspecified atom stereocenters. The van der Waals surface area contributed by atoms with Crippen molar-refractivity contribution >= 4 is 27.3 Å². The van der Waals surface area contributed by atoms with E-state index < -0.39 is 26.7 Å². The third kappa shape index (κ3) is 5.08. The Morgan fingerprint density at radius 3 is 2.41 bits per heavy atom. The first-order chi connectivity index (χ1) is 12.6. The van der Waals surface area contributed by atoms with Gasteiger partial charge in [0.1, 0.15) is 5.82 Å². The van der Waals surface area contributed by atoms with Gasteiger partial charge in [-0.3, -0.25) is 14.9 Å². The van der Waals surface area contributed by atoms with Gasteiger partial charge in [-0.1, -0.05) is 6.92 Å². The summed E-state index contributed by atoms with van der Waals surface area (Å²) >= 11 is 0. The molecule has 2 N–H and O–H groups in total.